The number of ether oxygens (including phenoxy) is 2. The summed E-state index contributed by atoms with van der Waals surface area (Å²) in [5.74, 6) is 1.58. The molecule has 0 bridgehead atoms. The topological polar surface area (TPSA) is 30.5 Å². The van der Waals surface area contributed by atoms with Crippen molar-refractivity contribution in [1.82, 2.24) is 5.32 Å². The molecule has 0 radical (unpaired) electrons. The molecule has 0 heterocycles. The van der Waals surface area contributed by atoms with Gasteiger partial charge < -0.3 is 14.8 Å². The average Bonchev–Trinajstić information content (AvgIpc) is 2.80. The summed E-state index contributed by atoms with van der Waals surface area (Å²) in [5, 5.41) is 3.88. The second-order valence-electron chi connectivity index (χ2n) is 8.95. The van der Waals surface area contributed by atoms with Crippen molar-refractivity contribution < 1.29 is 9.47 Å². The standard InChI is InChI=1S/C27H37NO2/c1-3-9-20(19-30-25-16-7-11-21-10-4-5-14-23(21)25)18-28-24-15-6-12-22-13-8-17-26(29-2)27(22)24/h4-5,8,10,13-14,17,20,24-25,28H,3,6-7,9,11-12,15-16,18-19H2,1-2H3. The molecule has 3 nitrogen and oxygen atoms in total. The van der Waals surface area contributed by atoms with Crippen LogP contribution in [0.4, 0.5) is 0 Å². The van der Waals surface area contributed by atoms with Crippen molar-refractivity contribution in [3.05, 3.63) is 64.7 Å². The van der Waals surface area contributed by atoms with E-state index in [1.165, 1.54) is 60.8 Å². The van der Waals surface area contributed by atoms with E-state index in [1.807, 2.05) is 0 Å². The largest absolute Gasteiger partial charge is 0.496 e. The van der Waals surface area contributed by atoms with Gasteiger partial charge in [-0.3, -0.25) is 0 Å². The van der Waals surface area contributed by atoms with E-state index >= 15 is 0 Å². The molecule has 3 heteroatoms. The van der Waals surface area contributed by atoms with Crippen molar-refractivity contribution in [2.24, 2.45) is 5.92 Å². The van der Waals surface area contributed by atoms with Crippen molar-refractivity contribution >= 4 is 0 Å². The zero-order valence-electron chi connectivity index (χ0n) is 18.7. The monoisotopic (exact) mass is 407 g/mol. The van der Waals surface area contributed by atoms with Crippen LogP contribution in [0.25, 0.3) is 0 Å². The van der Waals surface area contributed by atoms with E-state index in [4.69, 9.17) is 9.47 Å². The van der Waals surface area contributed by atoms with Crippen LogP contribution in [0.15, 0.2) is 42.5 Å². The normalized spacial score (nSPS) is 21.5. The zero-order valence-corrected chi connectivity index (χ0v) is 18.7. The zero-order chi connectivity index (χ0) is 20.8. The fourth-order valence-corrected chi connectivity index (χ4v) is 5.32. The lowest BCUT2D eigenvalue weighted by Gasteiger charge is -2.31. The third-order valence-corrected chi connectivity index (χ3v) is 6.86. The smallest absolute Gasteiger partial charge is 0.123 e. The molecule has 162 valence electrons. The first-order chi connectivity index (χ1) is 14.8. The Labute approximate surface area is 182 Å². The van der Waals surface area contributed by atoms with Crippen molar-refractivity contribution in [1.29, 1.82) is 0 Å². The number of benzene rings is 2. The molecule has 2 aliphatic carbocycles. The Morgan fingerprint density at radius 2 is 1.80 bits per heavy atom. The first-order valence-electron chi connectivity index (χ1n) is 11.9. The molecule has 0 saturated carbocycles. The first kappa shape index (κ1) is 21.4. The maximum atomic E-state index is 6.51. The van der Waals surface area contributed by atoms with Crippen LogP contribution < -0.4 is 10.1 Å². The number of nitrogens with one attached hydrogen (secondary N) is 1. The van der Waals surface area contributed by atoms with Crippen LogP contribution in [0.5, 0.6) is 5.75 Å². The van der Waals surface area contributed by atoms with Crippen molar-refractivity contribution in [2.75, 3.05) is 20.3 Å². The van der Waals surface area contributed by atoms with Gasteiger partial charge in [-0.1, -0.05) is 49.7 Å². The number of rotatable bonds is 9. The quantitative estimate of drug-likeness (QED) is 0.539. The summed E-state index contributed by atoms with van der Waals surface area (Å²) in [6.45, 7) is 4.12. The molecule has 0 spiro atoms. The molecule has 0 fully saturated rings. The van der Waals surface area contributed by atoms with Crippen LogP contribution in [0.1, 0.15) is 79.8 Å². The molecular weight excluding hydrogens is 370 g/mol. The summed E-state index contributed by atoms with van der Waals surface area (Å²) in [6.07, 6.45) is 9.83. The molecule has 3 atom stereocenters. The maximum Gasteiger partial charge on any atom is 0.123 e. The van der Waals surface area contributed by atoms with Gasteiger partial charge in [-0.15, -0.1) is 0 Å². The van der Waals surface area contributed by atoms with E-state index in [-0.39, 0.29) is 6.10 Å². The van der Waals surface area contributed by atoms with Crippen LogP contribution in [0.3, 0.4) is 0 Å². The Morgan fingerprint density at radius 3 is 2.67 bits per heavy atom. The van der Waals surface area contributed by atoms with E-state index < -0.39 is 0 Å². The van der Waals surface area contributed by atoms with Gasteiger partial charge in [0, 0.05) is 18.2 Å². The molecule has 0 aromatic heterocycles. The minimum absolute atomic E-state index is 0.268. The lowest BCUT2D eigenvalue weighted by atomic mass is 9.86. The van der Waals surface area contributed by atoms with E-state index in [2.05, 4.69) is 54.7 Å². The summed E-state index contributed by atoms with van der Waals surface area (Å²) in [4.78, 5) is 0. The first-order valence-corrected chi connectivity index (χ1v) is 11.9. The molecule has 1 N–H and O–H groups in total. The van der Waals surface area contributed by atoms with E-state index in [1.54, 1.807) is 7.11 Å². The van der Waals surface area contributed by atoms with Gasteiger partial charge in [0.2, 0.25) is 0 Å². The molecule has 3 unspecified atom stereocenters. The minimum atomic E-state index is 0.268. The van der Waals surface area contributed by atoms with Gasteiger partial charge in [-0.2, -0.15) is 0 Å². The summed E-state index contributed by atoms with van der Waals surface area (Å²) < 4.78 is 12.2. The fourth-order valence-electron chi connectivity index (χ4n) is 5.32. The van der Waals surface area contributed by atoms with E-state index in [0.29, 0.717) is 12.0 Å². The molecule has 0 aliphatic heterocycles. The van der Waals surface area contributed by atoms with Crippen molar-refractivity contribution in [3.63, 3.8) is 0 Å². The second kappa shape index (κ2) is 10.5. The van der Waals surface area contributed by atoms with E-state index in [9.17, 15) is 0 Å². The Kier molecular flexibility index (Phi) is 7.46. The van der Waals surface area contributed by atoms with Crippen LogP contribution in [0.2, 0.25) is 0 Å². The van der Waals surface area contributed by atoms with Gasteiger partial charge in [0.25, 0.3) is 0 Å². The van der Waals surface area contributed by atoms with Gasteiger partial charge in [-0.25, -0.2) is 0 Å². The fraction of sp³-hybridized carbons (Fsp3) is 0.556. The van der Waals surface area contributed by atoms with Crippen molar-refractivity contribution in [2.45, 2.75) is 70.4 Å². The van der Waals surface area contributed by atoms with Gasteiger partial charge in [-0.05, 0) is 73.6 Å². The molecule has 0 saturated heterocycles. The van der Waals surface area contributed by atoms with Gasteiger partial charge >= 0.3 is 0 Å². The SMILES string of the molecule is CCCC(CNC1CCCc2cccc(OC)c21)COC1CCCc2ccccc21. The Morgan fingerprint density at radius 1 is 1.00 bits per heavy atom. The highest BCUT2D eigenvalue weighted by Gasteiger charge is 2.25. The summed E-state index contributed by atoms with van der Waals surface area (Å²) in [5.41, 5.74) is 5.71. The Hall–Kier alpha value is -1.84. The Bertz CT molecular complexity index is 804. The highest BCUT2D eigenvalue weighted by molar-refractivity contribution is 5.44. The number of aryl methyl sites for hydroxylation is 2. The highest BCUT2D eigenvalue weighted by atomic mass is 16.5. The molecule has 2 aromatic carbocycles. The van der Waals surface area contributed by atoms with Crippen LogP contribution in [-0.2, 0) is 17.6 Å². The molecule has 4 rings (SSSR count). The third-order valence-electron chi connectivity index (χ3n) is 6.86. The number of hydrogen-bond acceptors (Lipinski definition) is 3. The third kappa shape index (κ3) is 4.90. The number of hydrogen-bond donors (Lipinski definition) is 1. The summed E-state index contributed by atoms with van der Waals surface area (Å²) in [6, 6.07) is 15.7. The maximum absolute atomic E-state index is 6.51. The number of methoxy groups -OCH3 is 1. The lowest BCUT2D eigenvalue weighted by molar-refractivity contribution is 0.0154. The number of fused-ring (bicyclic) bond motifs is 2. The van der Waals surface area contributed by atoms with Gasteiger partial charge in [0.05, 0.1) is 19.8 Å². The highest BCUT2D eigenvalue weighted by Crippen LogP contribution is 2.37. The van der Waals surface area contributed by atoms with Crippen LogP contribution >= 0.6 is 0 Å². The molecular formula is C27H37NO2. The second-order valence-corrected chi connectivity index (χ2v) is 8.95. The lowest BCUT2D eigenvalue weighted by Crippen LogP contribution is -2.32. The average molecular weight is 408 g/mol. The minimum Gasteiger partial charge on any atom is -0.496 e. The van der Waals surface area contributed by atoms with Gasteiger partial charge in [0.15, 0.2) is 0 Å². The van der Waals surface area contributed by atoms with Crippen LogP contribution in [-0.4, -0.2) is 20.3 Å². The summed E-state index contributed by atoms with van der Waals surface area (Å²) >= 11 is 0. The molecule has 2 aromatic rings. The molecule has 30 heavy (non-hydrogen) atoms. The van der Waals surface area contributed by atoms with Crippen molar-refractivity contribution in [3.8, 4) is 5.75 Å². The Balaban J connectivity index is 1.38. The van der Waals surface area contributed by atoms with Crippen LogP contribution in [0, 0.1) is 5.92 Å². The molecule has 0 amide bonds. The predicted molar refractivity (Wildman–Crippen MR) is 123 cm³/mol. The summed E-state index contributed by atoms with van der Waals surface area (Å²) in [7, 11) is 1.79. The molecule has 2 aliphatic rings. The van der Waals surface area contributed by atoms with Gasteiger partial charge in [0.1, 0.15) is 5.75 Å². The van der Waals surface area contributed by atoms with E-state index in [0.717, 1.165) is 31.7 Å². The predicted octanol–water partition coefficient (Wildman–Crippen LogP) is 6.17.